The molecular weight excluding hydrogens is 443 g/mol. The zero-order chi connectivity index (χ0) is 24.4. The van der Waals surface area contributed by atoms with Crippen LogP contribution in [0.25, 0.3) is 21.8 Å². The highest BCUT2D eigenvalue weighted by molar-refractivity contribution is 6.07. The predicted octanol–water partition coefficient (Wildman–Crippen LogP) is 4.46. The van der Waals surface area contributed by atoms with Gasteiger partial charge < -0.3 is 9.88 Å². The number of benzene rings is 3. The first-order valence-electron chi connectivity index (χ1n) is 11.5. The van der Waals surface area contributed by atoms with Crippen molar-refractivity contribution < 1.29 is 9.18 Å². The zero-order valence-electron chi connectivity index (χ0n) is 19.3. The van der Waals surface area contributed by atoms with Gasteiger partial charge in [-0.2, -0.15) is 5.10 Å². The SMILES string of the molecule is CC(CNC(=O)Cn1ncc2c3ccccc3n(Cc3ccccc3F)c2c1=O)c1ccccc1. The summed E-state index contributed by atoms with van der Waals surface area (Å²) >= 11 is 0. The van der Waals surface area contributed by atoms with Crippen molar-refractivity contribution in [1.29, 1.82) is 0 Å². The summed E-state index contributed by atoms with van der Waals surface area (Å²) in [5, 5.41) is 8.71. The molecule has 0 fully saturated rings. The number of carbonyl (C=O) groups is 1. The van der Waals surface area contributed by atoms with Crippen molar-refractivity contribution in [3.05, 3.63) is 112 Å². The van der Waals surface area contributed by atoms with Crippen LogP contribution in [0.3, 0.4) is 0 Å². The van der Waals surface area contributed by atoms with Crippen LogP contribution >= 0.6 is 0 Å². The molecule has 0 saturated heterocycles. The fraction of sp³-hybridized carbons (Fsp3) is 0.179. The van der Waals surface area contributed by atoms with E-state index < -0.39 is 0 Å². The molecule has 0 radical (unpaired) electrons. The Morgan fingerprint density at radius 1 is 0.971 bits per heavy atom. The van der Waals surface area contributed by atoms with Gasteiger partial charge in [-0.25, -0.2) is 9.07 Å². The second kappa shape index (κ2) is 9.54. The Labute approximate surface area is 201 Å². The molecule has 1 N–H and O–H groups in total. The first kappa shape index (κ1) is 22.5. The van der Waals surface area contributed by atoms with E-state index in [9.17, 15) is 14.0 Å². The van der Waals surface area contributed by atoms with Crippen molar-refractivity contribution in [3.8, 4) is 0 Å². The monoisotopic (exact) mass is 468 g/mol. The minimum atomic E-state index is -0.388. The minimum Gasteiger partial charge on any atom is -0.354 e. The van der Waals surface area contributed by atoms with Gasteiger partial charge in [-0.05, 0) is 23.6 Å². The third-order valence-electron chi connectivity index (χ3n) is 6.33. The minimum absolute atomic E-state index is 0.135. The molecule has 6 nitrogen and oxygen atoms in total. The van der Waals surface area contributed by atoms with Gasteiger partial charge in [-0.1, -0.05) is 73.7 Å². The summed E-state index contributed by atoms with van der Waals surface area (Å²) in [7, 11) is 0. The maximum Gasteiger partial charge on any atom is 0.291 e. The molecule has 3 aromatic carbocycles. The topological polar surface area (TPSA) is 68.9 Å². The Bertz CT molecular complexity index is 1570. The van der Waals surface area contributed by atoms with E-state index in [1.807, 2.05) is 61.5 Å². The quantitative estimate of drug-likeness (QED) is 0.384. The molecule has 7 heteroatoms. The van der Waals surface area contributed by atoms with Gasteiger partial charge in [0, 0.05) is 28.4 Å². The zero-order valence-corrected chi connectivity index (χ0v) is 19.3. The van der Waals surface area contributed by atoms with Crippen molar-refractivity contribution in [3.63, 3.8) is 0 Å². The molecule has 0 spiro atoms. The molecule has 1 atom stereocenters. The van der Waals surface area contributed by atoms with E-state index in [-0.39, 0.29) is 36.3 Å². The molecule has 5 rings (SSSR count). The fourth-order valence-corrected chi connectivity index (χ4v) is 4.43. The van der Waals surface area contributed by atoms with Crippen molar-refractivity contribution in [2.75, 3.05) is 6.54 Å². The summed E-state index contributed by atoms with van der Waals surface area (Å²) in [6.07, 6.45) is 1.61. The van der Waals surface area contributed by atoms with E-state index in [0.717, 1.165) is 16.5 Å². The van der Waals surface area contributed by atoms with E-state index in [0.29, 0.717) is 23.0 Å². The molecule has 2 aromatic heterocycles. The van der Waals surface area contributed by atoms with Gasteiger partial charge in [0.15, 0.2) is 0 Å². The highest BCUT2D eigenvalue weighted by Crippen LogP contribution is 2.27. The number of aromatic nitrogens is 3. The van der Waals surface area contributed by atoms with Crippen LogP contribution in [-0.2, 0) is 17.9 Å². The molecule has 0 aliphatic rings. The van der Waals surface area contributed by atoms with Crippen molar-refractivity contribution in [1.82, 2.24) is 19.7 Å². The van der Waals surface area contributed by atoms with Gasteiger partial charge >= 0.3 is 0 Å². The summed E-state index contributed by atoms with van der Waals surface area (Å²) in [6.45, 7) is 2.48. The first-order chi connectivity index (χ1) is 17.0. The maximum atomic E-state index is 14.4. The van der Waals surface area contributed by atoms with E-state index in [4.69, 9.17) is 0 Å². The van der Waals surface area contributed by atoms with Gasteiger partial charge in [-0.15, -0.1) is 0 Å². The van der Waals surface area contributed by atoms with Crippen LogP contribution < -0.4 is 10.9 Å². The lowest BCUT2D eigenvalue weighted by Gasteiger charge is -2.13. The lowest BCUT2D eigenvalue weighted by Crippen LogP contribution is -2.35. The van der Waals surface area contributed by atoms with E-state index in [1.165, 1.54) is 10.7 Å². The Balaban J connectivity index is 1.46. The second-order valence-electron chi connectivity index (χ2n) is 8.68. The number of hydrogen-bond donors (Lipinski definition) is 1. The summed E-state index contributed by atoms with van der Waals surface area (Å²) in [5.41, 5.74) is 2.42. The van der Waals surface area contributed by atoms with Crippen LogP contribution in [-0.4, -0.2) is 26.8 Å². The van der Waals surface area contributed by atoms with Gasteiger partial charge in [0.25, 0.3) is 5.56 Å². The Hall–Kier alpha value is -4.26. The predicted molar refractivity (Wildman–Crippen MR) is 135 cm³/mol. The third kappa shape index (κ3) is 4.45. The van der Waals surface area contributed by atoms with Gasteiger partial charge in [0.1, 0.15) is 17.9 Å². The van der Waals surface area contributed by atoms with Gasteiger partial charge in [0.2, 0.25) is 5.91 Å². The smallest absolute Gasteiger partial charge is 0.291 e. The largest absolute Gasteiger partial charge is 0.354 e. The number of fused-ring (bicyclic) bond motifs is 3. The molecule has 5 aromatic rings. The van der Waals surface area contributed by atoms with Crippen molar-refractivity contribution >= 4 is 27.7 Å². The Morgan fingerprint density at radius 3 is 2.49 bits per heavy atom. The molecular formula is C28H25FN4O2. The van der Waals surface area contributed by atoms with Crippen LogP contribution in [0.4, 0.5) is 4.39 Å². The lowest BCUT2D eigenvalue weighted by molar-refractivity contribution is -0.121. The van der Waals surface area contributed by atoms with E-state index in [1.54, 1.807) is 29.0 Å². The van der Waals surface area contributed by atoms with Crippen LogP contribution in [0, 0.1) is 5.82 Å². The highest BCUT2D eigenvalue weighted by atomic mass is 19.1. The number of para-hydroxylation sites is 1. The lowest BCUT2D eigenvalue weighted by atomic mass is 10.0. The number of rotatable bonds is 7. The molecule has 0 aliphatic carbocycles. The molecule has 0 saturated carbocycles. The third-order valence-corrected chi connectivity index (χ3v) is 6.33. The van der Waals surface area contributed by atoms with E-state index >= 15 is 0 Å². The fourth-order valence-electron chi connectivity index (χ4n) is 4.43. The van der Waals surface area contributed by atoms with E-state index in [2.05, 4.69) is 10.4 Å². The van der Waals surface area contributed by atoms with Crippen LogP contribution in [0.15, 0.2) is 89.9 Å². The van der Waals surface area contributed by atoms with Crippen LogP contribution in [0.5, 0.6) is 0 Å². The van der Waals surface area contributed by atoms with Crippen LogP contribution in [0.1, 0.15) is 24.0 Å². The average molecular weight is 469 g/mol. The molecule has 0 aliphatic heterocycles. The number of halogens is 1. The first-order valence-corrected chi connectivity index (χ1v) is 11.5. The molecule has 35 heavy (non-hydrogen) atoms. The second-order valence-corrected chi connectivity index (χ2v) is 8.68. The average Bonchev–Trinajstić information content (AvgIpc) is 3.20. The number of nitrogens with zero attached hydrogens (tertiary/aromatic N) is 3. The Morgan fingerprint density at radius 2 is 1.69 bits per heavy atom. The standard InChI is InChI=1S/C28H25FN4O2/c1-19(20-9-3-2-4-10-20)15-30-26(34)18-33-28(35)27-23(16-31-33)22-12-6-8-14-25(22)32(27)17-21-11-5-7-13-24(21)29/h2-14,16,19H,15,17-18H2,1H3,(H,30,34). The summed E-state index contributed by atoms with van der Waals surface area (Å²) < 4.78 is 17.4. The van der Waals surface area contributed by atoms with Crippen LogP contribution in [0.2, 0.25) is 0 Å². The number of amides is 1. The van der Waals surface area contributed by atoms with Crippen molar-refractivity contribution in [2.45, 2.75) is 25.9 Å². The molecule has 176 valence electrons. The molecule has 0 bridgehead atoms. The number of nitrogens with one attached hydrogen (secondary N) is 1. The van der Waals surface area contributed by atoms with Crippen molar-refractivity contribution in [2.24, 2.45) is 0 Å². The summed E-state index contributed by atoms with van der Waals surface area (Å²) in [4.78, 5) is 26.2. The Kier molecular flexibility index (Phi) is 6.14. The van der Waals surface area contributed by atoms with Gasteiger partial charge in [-0.3, -0.25) is 9.59 Å². The maximum absolute atomic E-state index is 14.4. The summed E-state index contributed by atoms with van der Waals surface area (Å²) in [5.74, 6) is -0.492. The van der Waals surface area contributed by atoms with Gasteiger partial charge in [0.05, 0.1) is 12.7 Å². The number of carbonyl (C=O) groups excluding carboxylic acids is 1. The molecule has 1 amide bonds. The number of hydrogen-bond acceptors (Lipinski definition) is 3. The summed E-state index contributed by atoms with van der Waals surface area (Å²) in [6, 6.07) is 24.0. The highest BCUT2D eigenvalue weighted by Gasteiger charge is 2.18. The molecule has 2 heterocycles. The normalized spacial score (nSPS) is 12.2. The molecule has 1 unspecified atom stereocenters.